The second-order valence-corrected chi connectivity index (χ2v) is 10.1. The zero-order chi connectivity index (χ0) is 28.2. The van der Waals surface area contributed by atoms with E-state index in [1.165, 1.54) is 10.6 Å². The summed E-state index contributed by atoms with van der Waals surface area (Å²) in [5.41, 5.74) is 10.1. The van der Waals surface area contributed by atoms with Crippen LogP contribution in [0.5, 0.6) is 5.75 Å². The van der Waals surface area contributed by atoms with Gasteiger partial charge in [-0.25, -0.2) is 9.37 Å². The van der Waals surface area contributed by atoms with Gasteiger partial charge in [-0.1, -0.05) is 18.2 Å². The van der Waals surface area contributed by atoms with Gasteiger partial charge in [-0.2, -0.15) is 10.1 Å². The highest BCUT2D eigenvalue weighted by Gasteiger charge is 2.26. The lowest BCUT2D eigenvalue weighted by molar-refractivity contribution is 0.282. The van der Waals surface area contributed by atoms with Gasteiger partial charge >= 0.3 is 0 Å². The number of anilines is 1. The lowest BCUT2D eigenvalue weighted by atomic mass is 9.98. The quantitative estimate of drug-likeness (QED) is 0.264. The van der Waals surface area contributed by atoms with Gasteiger partial charge in [-0.15, -0.1) is 0 Å². The molecule has 0 amide bonds. The number of rotatable bonds is 6. The van der Waals surface area contributed by atoms with Crippen LogP contribution < -0.4 is 16.0 Å². The average molecular weight is 549 g/mol. The molecule has 0 saturated heterocycles. The van der Waals surface area contributed by atoms with Crippen molar-refractivity contribution >= 4 is 27.8 Å². The molecule has 10 heteroatoms. The zero-order valence-electron chi connectivity index (χ0n) is 22.1. The van der Waals surface area contributed by atoms with Crippen molar-refractivity contribution in [2.45, 2.75) is 25.4 Å². The maximum Gasteiger partial charge on any atom is 0.265 e. The van der Waals surface area contributed by atoms with Crippen LogP contribution in [0.1, 0.15) is 29.9 Å². The minimum Gasteiger partial charge on any atom is -0.497 e. The predicted octanol–water partition coefficient (Wildman–Crippen LogP) is 5.09. The van der Waals surface area contributed by atoms with Gasteiger partial charge in [0, 0.05) is 22.9 Å². The summed E-state index contributed by atoms with van der Waals surface area (Å²) in [5, 5.41) is 19.2. The number of H-pyrrole nitrogens is 1. The van der Waals surface area contributed by atoms with Crippen LogP contribution in [-0.2, 0) is 6.61 Å². The summed E-state index contributed by atoms with van der Waals surface area (Å²) in [6.45, 7) is -0.416. The number of nitrogens with one attached hydrogen (secondary N) is 1. The van der Waals surface area contributed by atoms with Crippen LogP contribution >= 0.6 is 0 Å². The minimum atomic E-state index is -0.543. The molecule has 1 saturated carbocycles. The van der Waals surface area contributed by atoms with Crippen molar-refractivity contribution in [1.82, 2.24) is 24.7 Å². The van der Waals surface area contributed by atoms with Crippen LogP contribution in [0.3, 0.4) is 0 Å². The number of nitrogen functional groups attached to an aromatic ring is 1. The molecule has 1 aliphatic rings. The van der Waals surface area contributed by atoms with Crippen molar-refractivity contribution in [2.24, 2.45) is 0 Å². The highest BCUT2D eigenvalue weighted by Crippen LogP contribution is 2.41. The molecule has 3 aromatic heterocycles. The maximum atomic E-state index is 15.2. The Labute approximate surface area is 233 Å². The highest BCUT2D eigenvalue weighted by atomic mass is 19.1. The molecule has 9 nitrogen and oxygen atoms in total. The molecule has 41 heavy (non-hydrogen) atoms. The first-order valence-electron chi connectivity index (χ1n) is 13.2. The summed E-state index contributed by atoms with van der Waals surface area (Å²) in [7, 11) is 1.59. The van der Waals surface area contributed by atoms with Crippen molar-refractivity contribution in [2.75, 3.05) is 12.8 Å². The fraction of sp³-hybridized carbons (Fsp3) is 0.161. The Morgan fingerprint density at radius 1 is 1.07 bits per heavy atom. The molecule has 0 aliphatic heterocycles. The van der Waals surface area contributed by atoms with Crippen molar-refractivity contribution in [1.29, 1.82) is 0 Å². The van der Waals surface area contributed by atoms with E-state index in [1.54, 1.807) is 37.6 Å². The van der Waals surface area contributed by atoms with Gasteiger partial charge in [0.05, 0.1) is 35.9 Å². The summed E-state index contributed by atoms with van der Waals surface area (Å²) >= 11 is 0. The molecule has 0 spiro atoms. The summed E-state index contributed by atoms with van der Waals surface area (Å²) in [4.78, 5) is 22.5. The molecular weight excluding hydrogens is 523 g/mol. The third kappa shape index (κ3) is 4.11. The van der Waals surface area contributed by atoms with E-state index in [1.807, 2.05) is 30.3 Å². The van der Waals surface area contributed by atoms with Crippen molar-refractivity contribution in [3.63, 3.8) is 0 Å². The molecule has 6 aromatic rings. The summed E-state index contributed by atoms with van der Waals surface area (Å²) < 4.78 is 21.9. The van der Waals surface area contributed by atoms with E-state index >= 15 is 4.39 Å². The second-order valence-electron chi connectivity index (χ2n) is 10.1. The zero-order valence-corrected chi connectivity index (χ0v) is 22.1. The fourth-order valence-electron chi connectivity index (χ4n) is 5.48. The first-order valence-corrected chi connectivity index (χ1v) is 13.2. The molecule has 7 rings (SSSR count). The van der Waals surface area contributed by atoms with Crippen LogP contribution in [0.25, 0.3) is 50.0 Å². The molecule has 204 valence electrons. The number of aliphatic hydroxyl groups is 1. The third-order valence-corrected chi connectivity index (χ3v) is 7.65. The van der Waals surface area contributed by atoms with E-state index in [0.717, 1.165) is 24.0 Å². The Morgan fingerprint density at radius 3 is 2.61 bits per heavy atom. The molecule has 1 fully saturated rings. The third-order valence-electron chi connectivity index (χ3n) is 7.65. The van der Waals surface area contributed by atoms with Crippen LogP contribution in [0.15, 0.2) is 71.7 Å². The van der Waals surface area contributed by atoms with Crippen molar-refractivity contribution in [3.05, 3.63) is 94.2 Å². The summed E-state index contributed by atoms with van der Waals surface area (Å²) in [6, 6.07) is 17.7. The Kier molecular flexibility index (Phi) is 5.79. The number of nitrogens with zero attached hydrogens (tertiary/aromatic N) is 4. The standard InChI is InChI=1S/C31H25FN6O3/c1-41-20-9-7-17(8-10-20)27-26-28(34-31(33)35-29(26)37-36-27)21-3-2-4-24(22(21)15-39)38-12-11-18-13-19(16-5-6-16)14-23(32)25(18)30(38)40/h2-4,7-14,16,39H,5-6,15H2,1H3,(H3,33,34,35,36,37). The van der Waals surface area contributed by atoms with Crippen LogP contribution in [0, 0.1) is 5.82 Å². The van der Waals surface area contributed by atoms with Crippen molar-refractivity contribution < 1.29 is 14.2 Å². The lowest BCUT2D eigenvalue weighted by Crippen LogP contribution is -2.20. The Morgan fingerprint density at radius 2 is 1.88 bits per heavy atom. The number of aromatic amines is 1. The van der Waals surface area contributed by atoms with E-state index in [0.29, 0.717) is 56.3 Å². The van der Waals surface area contributed by atoms with Crippen LogP contribution in [0.4, 0.5) is 10.3 Å². The number of methoxy groups -OCH3 is 1. The Bertz CT molecular complexity index is 2030. The highest BCUT2D eigenvalue weighted by molar-refractivity contribution is 6.02. The monoisotopic (exact) mass is 548 g/mol. The second kappa shape index (κ2) is 9.53. The summed E-state index contributed by atoms with van der Waals surface area (Å²) in [5.74, 6) is 0.531. The number of aromatic nitrogens is 5. The molecule has 0 unspecified atom stereocenters. The van der Waals surface area contributed by atoms with Gasteiger partial charge in [0.2, 0.25) is 5.95 Å². The average Bonchev–Trinajstić information content (AvgIpc) is 3.76. The molecule has 1 aliphatic carbocycles. The smallest absolute Gasteiger partial charge is 0.265 e. The topological polar surface area (TPSA) is 132 Å². The van der Waals surface area contributed by atoms with E-state index in [-0.39, 0.29) is 11.3 Å². The van der Waals surface area contributed by atoms with Gasteiger partial charge in [0.25, 0.3) is 5.56 Å². The van der Waals surface area contributed by atoms with Crippen LogP contribution in [0.2, 0.25) is 0 Å². The predicted molar refractivity (Wildman–Crippen MR) is 154 cm³/mol. The van der Waals surface area contributed by atoms with E-state index in [2.05, 4.69) is 20.2 Å². The molecule has 4 N–H and O–H groups in total. The number of aliphatic hydroxyl groups excluding tert-OH is 1. The van der Waals surface area contributed by atoms with E-state index < -0.39 is 18.0 Å². The van der Waals surface area contributed by atoms with Gasteiger partial charge in [-0.3, -0.25) is 14.5 Å². The summed E-state index contributed by atoms with van der Waals surface area (Å²) in [6.07, 6.45) is 3.68. The number of nitrogens with two attached hydrogens (primary N) is 1. The largest absolute Gasteiger partial charge is 0.497 e. The molecule has 0 radical (unpaired) electrons. The Balaban J connectivity index is 1.43. The lowest BCUT2D eigenvalue weighted by Gasteiger charge is -2.16. The number of ether oxygens (including phenoxy) is 1. The fourth-order valence-corrected chi connectivity index (χ4v) is 5.48. The molecule has 3 heterocycles. The van der Waals surface area contributed by atoms with Gasteiger partial charge in [-0.05, 0) is 72.2 Å². The molecule has 0 bridgehead atoms. The van der Waals surface area contributed by atoms with Crippen molar-refractivity contribution in [3.8, 4) is 34.0 Å². The first-order chi connectivity index (χ1) is 20.0. The molecule has 0 atom stereocenters. The normalized spacial score (nSPS) is 13.2. The minimum absolute atomic E-state index is 0.0106. The molecule has 3 aromatic carbocycles. The first kappa shape index (κ1) is 24.9. The number of hydrogen-bond acceptors (Lipinski definition) is 7. The van der Waals surface area contributed by atoms with Crippen LogP contribution in [-0.4, -0.2) is 36.9 Å². The number of fused-ring (bicyclic) bond motifs is 2. The SMILES string of the molecule is COc1ccc(-c2n[nH]c3nc(N)nc(-c4cccc(-n5ccc6cc(C7CC7)cc(F)c6c5=O)c4CO)c23)cc1. The number of pyridine rings is 1. The van der Waals surface area contributed by atoms with Gasteiger partial charge < -0.3 is 15.6 Å². The van der Waals surface area contributed by atoms with E-state index in [4.69, 9.17) is 10.5 Å². The maximum absolute atomic E-state index is 15.2. The van der Waals surface area contributed by atoms with Gasteiger partial charge in [0.1, 0.15) is 17.3 Å². The van der Waals surface area contributed by atoms with Gasteiger partial charge in [0.15, 0.2) is 5.65 Å². The molecular formula is C31H25FN6O3. The Hall–Kier alpha value is -5.09. The van der Waals surface area contributed by atoms with E-state index in [9.17, 15) is 9.90 Å². The number of halogens is 1. The number of hydrogen-bond donors (Lipinski definition) is 3. The number of benzene rings is 3.